The molecule has 2 aromatic rings. The minimum absolute atomic E-state index is 0.238. The van der Waals surface area contributed by atoms with Gasteiger partial charge in [0, 0.05) is 12.2 Å². The maximum absolute atomic E-state index is 13.7. The topological polar surface area (TPSA) is 38.5 Å². The van der Waals surface area contributed by atoms with Crippen LogP contribution in [0.4, 0.5) is 10.1 Å². The molecule has 2 N–H and O–H groups in total. The lowest BCUT2D eigenvalue weighted by Gasteiger charge is -2.32. The Kier molecular flexibility index (Phi) is 14.3. The van der Waals surface area contributed by atoms with Crippen LogP contribution in [-0.2, 0) is 11.2 Å². The fourth-order valence-corrected chi connectivity index (χ4v) is 3.72. The molecular formula is C30H41FN2OS. The Labute approximate surface area is 217 Å². The van der Waals surface area contributed by atoms with Crippen LogP contribution >= 0.6 is 12.2 Å². The van der Waals surface area contributed by atoms with Crippen LogP contribution in [-0.4, -0.2) is 16.6 Å². The van der Waals surface area contributed by atoms with Crippen LogP contribution in [0.2, 0.25) is 0 Å². The van der Waals surface area contributed by atoms with Crippen LogP contribution in [0, 0.1) is 5.82 Å². The molecule has 0 saturated heterocycles. The van der Waals surface area contributed by atoms with Crippen molar-refractivity contribution in [1.29, 1.82) is 0 Å². The third kappa shape index (κ3) is 9.69. The number of nitrogens with two attached hydrogens (primary N) is 1. The van der Waals surface area contributed by atoms with Gasteiger partial charge in [0.15, 0.2) is 0 Å². The Morgan fingerprint density at radius 3 is 2.37 bits per heavy atom. The zero-order chi connectivity index (χ0) is 26.2. The normalized spacial score (nSPS) is 12.4. The number of nitrogens with zero attached hydrogens (tertiary/aromatic N) is 1. The maximum Gasteiger partial charge on any atom is 0.265 e. The summed E-state index contributed by atoms with van der Waals surface area (Å²) in [6.45, 7) is 12.8. The van der Waals surface area contributed by atoms with Gasteiger partial charge in [-0.05, 0) is 92.0 Å². The number of unbranched alkanes of at least 4 members (excludes halogenated alkanes) is 1. The monoisotopic (exact) mass is 496 g/mol. The fourth-order valence-electron chi connectivity index (χ4n) is 3.42. The summed E-state index contributed by atoms with van der Waals surface area (Å²) in [6.07, 6.45) is 12.6. The summed E-state index contributed by atoms with van der Waals surface area (Å²) < 4.78 is 19.7. The molecule has 0 heterocycles. The van der Waals surface area contributed by atoms with Gasteiger partial charge in [0.25, 0.3) is 5.17 Å². The zero-order valence-corrected chi connectivity index (χ0v) is 22.9. The van der Waals surface area contributed by atoms with E-state index in [1.165, 1.54) is 17.7 Å². The lowest BCUT2D eigenvalue weighted by atomic mass is 10.0. The molecule has 2 rings (SSSR count). The van der Waals surface area contributed by atoms with E-state index in [2.05, 4.69) is 30.9 Å². The number of benzene rings is 2. The average molecular weight is 497 g/mol. The molecule has 0 saturated carbocycles. The second-order valence-electron chi connectivity index (χ2n) is 7.78. The Morgan fingerprint density at radius 1 is 1.11 bits per heavy atom. The number of halogens is 1. The Balaban J connectivity index is 0.00000298. The molecule has 0 radical (unpaired) electrons. The molecule has 1 atom stereocenters. The van der Waals surface area contributed by atoms with Crippen molar-refractivity contribution >= 4 is 29.2 Å². The number of hydrogen-bond acceptors (Lipinski definition) is 3. The van der Waals surface area contributed by atoms with E-state index in [-0.39, 0.29) is 11.9 Å². The average Bonchev–Trinajstić information content (AvgIpc) is 2.88. The van der Waals surface area contributed by atoms with E-state index in [1.54, 1.807) is 12.1 Å². The van der Waals surface area contributed by atoms with Gasteiger partial charge in [0.1, 0.15) is 11.6 Å². The van der Waals surface area contributed by atoms with E-state index in [0.717, 1.165) is 30.4 Å². The summed E-state index contributed by atoms with van der Waals surface area (Å²) in [5.41, 5.74) is 10.0. The Morgan fingerprint density at radius 2 is 1.80 bits per heavy atom. The fraction of sp³-hybridized carbons (Fsp3) is 0.367. The molecule has 35 heavy (non-hydrogen) atoms. The van der Waals surface area contributed by atoms with Crippen LogP contribution in [0.1, 0.15) is 77.1 Å². The highest BCUT2D eigenvalue weighted by Gasteiger charge is 2.22. The SMILES string of the molecule is C/C=C\C(=C/C)OC(=S)N(CCCC)C(/C=C/c1cc(CC)ccc1N)c1ccc(F)cc1.CC. The Bertz CT molecular complexity index is 996. The first-order valence-corrected chi connectivity index (χ1v) is 12.9. The lowest BCUT2D eigenvalue weighted by Crippen LogP contribution is -2.35. The van der Waals surface area contributed by atoms with Crippen molar-refractivity contribution in [3.8, 4) is 0 Å². The summed E-state index contributed by atoms with van der Waals surface area (Å²) in [5.74, 6) is 0.412. The van der Waals surface area contributed by atoms with E-state index >= 15 is 0 Å². The zero-order valence-electron chi connectivity index (χ0n) is 22.1. The largest absolute Gasteiger partial charge is 0.432 e. The van der Waals surface area contributed by atoms with Gasteiger partial charge in [-0.1, -0.05) is 70.5 Å². The van der Waals surface area contributed by atoms with Gasteiger partial charge >= 0.3 is 0 Å². The predicted octanol–water partition coefficient (Wildman–Crippen LogP) is 8.63. The summed E-state index contributed by atoms with van der Waals surface area (Å²) in [7, 11) is 0. The number of aryl methyl sites for hydroxylation is 1. The minimum Gasteiger partial charge on any atom is -0.432 e. The molecule has 0 fully saturated rings. The van der Waals surface area contributed by atoms with Crippen molar-refractivity contribution in [1.82, 2.24) is 4.90 Å². The molecule has 0 aromatic heterocycles. The van der Waals surface area contributed by atoms with Crippen LogP contribution < -0.4 is 5.73 Å². The highest BCUT2D eigenvalue weighted by molar-refractivity contribution is 7.80. The van der Waals surface area contributed by atoms with E-state index in [1.807, 2.05) is 64.1 Å². The molecule has 1 unspecified atom stereocenters. The predicted molar refractivity (Wildman–Crippen MR) is 154 cm³/mol. The molecule has 0 aliphatic heterocycles. The number of rotatable bonds is 10. The van der Waals surface area contributed by atoms with Gasteiger partial charge in [-0.3, -0.25) is 0 Å². The van der Waals surface area contributed by atoms with Gasteiger partial charge < -0.3 is 15.4 Å². The van der Waals surface area contributed by atoms with Crippen molar-refractivity contribution in [2.75, 3.05) is 12.3 Å². The van der Waals surface area contributed by atoms with Gasteiger partial charge in [0.2, 0.25) is 0 Å². The van der Waals surface area contributed by atoms with Crippen molar-refractivity contribution in [3.63, 3.8) is 0 Å². The quantitative estimate of drug-likeness (QED) is 0.155. The third-order valence-electron chi connectivity index (χ3n) is 5.37. The van der Waals surface area contributed by atoms with E-state index in [9.17, 15) is 4.39 Å². The molecule has 0 aliphatic rings. The van der Waals surface area contributed by atoms with Crippen molar-refractivity contribution in [3.05, 3.63) is 95.0 Å². The van der Waals surface area contributed by atoms with Gasteiger partial charge in [0.05, 0.1) is 6.04 Å². The molecule has 190 valence electrons. The van der Waals surface area contributed by atoms with Crippen LogP contribution in [0.15, 0.2) is 72.5 Å². The van der Waals surface area contributed by atoms with Gasteiger partial charge in [-0.2, -0.15) is 0 Å². The highest BCUT2D eigenvalue weighted by Crippen LogP contribution is 2.27. The number of thiocarbonyl (C=S) groups is 1. The molecule has 2 aromatic carbocycles. The first-order valence-electron chi connectivity index (χ1n) is 12.5. The molecule has 0 bridgehead atoms. The third-order valence-corrected chi connectivity index (χ3v) is 5.69. The van der Waals surface area contributed by atoms with E-state index < -0.39 is 0 Å². The first-order chi connectivity index (χ1) is 16.9. The number of ether oxygens (including phenoxy) is 1. The lowest BCUT2D eigenvalue weighted by molar-refractivity contribution is 0.276. The van der Waals surface area contributed by atoms with Crippen LogP contribution in [0.25, 0.3) is 6.08 Å². The number of nitrogen functional groups attached to an aromatic ring is 1. The smallest absolute Gasteiger partial charge is 0.265 e. The minimum atomic E-state index is -0.274. The molecule has 0 aliphatic carbocycles. The standard InChI is InChI=1S/C28H35FN2OS.C2H6/c1-5-9-19-31(28(33)32-25(8-4)10-6-2)27(22-12-15-24(29)16-13-22)18-14-23-20-21(7-3)11-17-26(23)30;1-2/h6,8,10-18,20,27H,5,7,9,19,30H2,1-4H3;1-2H3/b10-6-,18-14+,25-8+;. The maximum atomic E-state index is 13.7. The van der Waals surface area contributed by atoms with Crippen molar-refractivity contribution in [2.45, 2.75) is 66.8 Å². The second kappa shape index (κ2) is 16.7. The van der Waals surface area contributed by atoms with Crippen molar-refractivity contribution in [2.24, 2.45) is 0 Å². The molecule has 5 heteroatoms. The highest BCUT2D eigenvalue weighted by atomic mass is 32.1. The second-order valence-corrected chi connectivity index (χ2v) is 8.13. The molecule has 3 nitrogen and oxygen atoms in total. The summed E-state index contributed by atoms with van der Waals surface area (Å²) in [4.78, 5) is 2.05. The van der Waals surface area contributed by atoms with Crippen LogP contribution in [0.3, 0.4) is 0 Å². The molecule has 0 amide bonds. The number of anilines is 1. The van der Waals surface area contributed by atoms with E-state index in [0.29, 0.717) is 23.2 Å². The first kappa shape index (κ1) is 30.1. The number of allylic oxidation sites excluding steroid dienone is 3. The van der Waals surface area contributed by atoms with Gasteiger partial charge in [-0.15, -0.1) is 0 Å². The van der Waals surface area contributed by atoms with E-state index in [4.69, 9.17) is 22.7 Å². The molecule has 0 spiro atoms. The molecular weight excluding hydrogens is 455 g/mol. The van der Waals surface area contributed by atoms with Gasteiger partial charge in [-0.25, -0.2) is 4.39 Å². The number of hydrogen-bond donors (Lipinski definition) is 1. The summed E-state index contributed by atoms with van der Waals surface area (Å²) in [6, 6.07) is 12.4. The summed E-state index contributed by atoms with van der Waals surface area (Å²) in [5, 5.41) is 0.379. The summed E-state index contributed by atoms with van der Waals surface area (Å²) >= 11 is 5.74. The van der Waals surface area contributed by atoms with Crippen molar-refractivity contribution < 1.29 is 9.13 Å². The Hall–Kier alpha value is -2.92. The van der Waals surface area contributed by atoms with Crippen LogP contribution in [0.5, 0.6) is 0 Å².